The standard InChI is InChI=1S/C8H11FN2/c1-5(10)6-2-7(9)4-8(11)3-6/h2-5H,10-11H2,1H3/t5-/m1/s1. The van der Waals surface area contributed by atoms with Crippen LogP contribution < -0.4 is 11.5 Å². The van der Waals surface area contributed by atoms with Crippen LogP contribution in [0.4, 0.5) is 10.1 Å². The summed E-state index contributed by atoms with van der Waals surface area (Å²) in [6, 6.07) is 4.16. The molecule has 3 heteroatoms. The molecule has 0 aliphatic heterocycles. The minimum atomic E-state index is -0.336. The zero-order valence-electron chi connectivity index (χ0n) is 6.34. The molecular weight excluding hydrogens is 143 g/mol. The third-order valence-corrected chi connectivity index (χ3v) is 1.47. The highest BCUT2D eigenvalue weighted by Crippen LogP contribution is 2.15. The zero-order chi connectivity index (χ0) is 8.43. The summed E-state index contributed by atoms with van der Waals surface area (Å²) in [5.41, 5.74) is 12.1. The average molecular weight is 154 g/mol. The molecule has 0 heterocycles. The Bertz CT molecular complexity index is 238. The molecule has 4 N–H and O–H groups in total. The highest BCUT2D eigenvalue weighted by molar-refractivity contribution is 5.42. The van der Waals surface area contributed by atoms with Crippen LogP contribution in [0, 0.1) is 5.82 Å². The van der Waals surface area contributed by atoms with E-state index in [4.69, 9.17) is 11.5 Å². The summed E-state index contributed by atoms with van der Waals surface area (Å²) in [4.78, 5) is 0. The molecule has 0 saturated heterocycles. The topological polar surface area (TPSA) is 52.0 Å². The van der Waals surface area contributed by atoms with Crippen LogP contribution in [0.2, 0.25) is 0 Å². The second-order valence-corrected chi connectivity index (χ2v) is 2.61. The predicted molar refractivity (Wildman–Crippen MR) is 43.4 cm³/mol. The Morgan fingerprint density at radius 3 is 2.45 bits per heavy atom. The van der Waals surface area contributed by atoms with Gasteiger partial charge < -0.3 is 11.5 Å². The minimum absolute atomic E-state index is 0.173. The molecule has 1 rings (SSSR count). The van der Waals surface area contributed by atoms with Crippen molar-refractivity contribution in [1.29, 1.82) is 0 Å². The normalized spacial score (nSPS) is 13.0. The molecule has 0 radical (unpaired) electrons. The lowest BCUT2D eigenvalue weighted by molar-refractivity contribution is 0.623. The SMILES string of the molecule is C[C@@H](N)c1cc(N)cc(F)c1. The molecule has 11 heavy (non-hydrogen) atoms. The number of nitrogens with two attached hydrogens (primary N) is 2. The lowest BCUT2D eigenvalue weighted by atomic mass is 10.1. The van der Waals surface area contributed by atoms with E-state index in [0.717, 1.165) is 5.56 Å². The molecule has 0 aliphatic rings. The molecular formula is C8H11FN2. The number of halogens is 1. The van der Waals surface area contributed by atoms with Gasteiger partial charge >= 0.3 is 0 Å². The highest BCUT2D eigenvalue weighted by atomic mass is 19.1. The Labute approximate surface area is 65.0 Å². The Balaban J connectivity index is 3.08. The lowest BCUT2D eigenvalue weighted by Gasteiger charge is -2.05. The third-order valence-electron chi connectivity index (χ3n) is 1.47. The monoisotopic (exact) mass is 154 g/mol. The molecule has 0 aliphatic carbocycles. The zero-order valence-corrected chi connectivity index (χ0v) is 6.34. The highest BCUT2D eigenvalue weighted by Gasteiger charge is 2.01. The summed E-state index contributed by atoms with van der Waals surface area (Å²) in [5, 5.41) is 0. The number of benzene rings is 1. The van der Waals surface area contributed by atoms with Crippen molar-refractivity contribution in [1.82, 2.24) is 0 Å². The Morgan fingerprint density at radius 1 is 1.36 bits per heavy atom. The molecule has 1 aromatic carbocycles. The van der Waals surface area contributed by atoms with Crippen LogP contribution in [0.1, 0.15) is 18.5 Å². The number of rotatable bonds is 1. The second kappa shape index (κ2) is 2.88. The maximum atomic E-state index is 12.7. The predicted octanol–water partition coefficient (Wildman–Crippen LogP) is 1.43. The van der Waals surface area contributed by atoms with Gasteiger partial charge in [-0.1, -0.05) is 0 Å². The first-order valence-corrected chi connectivity index (χ1v) is 3.41. The van der Waals surface area contributed by atoms with Crippen molar-refractivity contribution in [3.63, 3.8) is 0 Å². The Kier molecular flexibility index (Phi) is 2.10. The van der Waals surface area contributed by atoms with Crippen molar-refractivity contribution in [3.8, 4) is 0 Å². The van der Waals surface area contributed by atoms with E-state index in [0.29, 0.717) is 5.69 Å². The molecule has 60 valence electrons. The molecule has 0 aromatic heterocycles. The summed E-state index contributed by atoms with van der Waals surface area (Å²) < 4.78 is 12.7. The second-order valence-electron chi connectivity index (χ2n) is 2.61. The van der Waals surface area contributed by atoms with Gasteiger partial charge in [0.15, 0.2) is 0 Å². The minimum Gasteiger partial charge on any atom is -0.399 e. The van der Waals surface area contributed by atoms with Gasteiger partial charge in [0, 0.05) is 11.7 Å². The fourth-order valence-corrected chi connectivity index (χ4v) is 0.899. The number of nitrogen functional groups attached to an aromatic ring is 1. The Morgan fingerprint density at radius 2 is 2.00 bits per heavy atom. The fraction of sp³-hybridized carbons (Fsp3) is 0.250. The van der Waals surface area contributed by atoms with Crippen LogP contribution in [0.15, 0.2) is 18.2 Å². The molecule has 1 atom stereocenters. The van der Waals surface area contributed by atoms with E-state index >= 15 is 0 Å². The fourth-order valence-electron chi connectivity index (χ4n) is 0.899. The molecule has 0 unspecified atom stereocenters. The average Bonchev–Trinajstić information content (AvgIpc) is 1.85. The van der Waals surface area contributed by atoms with Gasteiger partial charge in [-0.2, -0.15) is 0 Å². The summed E-state index contributed by atoms with van der Waals surface area (Å²) in [6.07, 6.45) is 0. The van der Waals surface area contributed by atoms with E-state index in [1.54, 1.807) is 13.0 Å². The van der Waals surface area contributed by atoms with E-state index in [-0.39, 0.29) is 11.9 Å². The van der Waals surface area contributed by atoms with Crippen molar-refractivity contribution < 1.29 is 4.39 Å². The van der Waals surface area contributed by atoms with Crippen LogP contribution in [0.3, 0.4) is 0 Å². The van der Waals surface area contributed by atoms with Crippen LogP contribution in [0.25, 0.3) is 0 Å². The molecule has 2 nitrogen and oxygen atoms in total. The summed E-state index contributed by atoms with van der Waals surface area (Å²) in [7, 11) is 0. The Hall–Kier alpha value is -1.09. The van der Waals surface area contributed by atoms with E-state index < -0.39 is 0 Å². The maximum Gasteiger partial charge on any atom is 0.125 e. The van der Waals surface area contributed by atoms with Crippen molar-refractivity contribution in [2.24, 2.45) is 5.73 Å². The maximum absolute atomic E-state index is 12.7. The molecule has 0 spiro atoms. The quantitative estimate of drug-likeness (QED) is 0.601. The third kappa shape index (κ3) is 1.91. The first-order valence-electron chi connectivity index (χ1n) is 3.41. The molecule has 0 bridgehead atoms. The smallest absolute Gasteiger partial charge is 0.125 e. The van der Waals surface area contributed by atoms with E-state index in [1.807, 2.05) is 0 Å². The van der Waals surface area contributed by atoms with E-state index in [1.165, 1.54) is 12.1 Å². The molecule has 0 fully saturated rings. The van der Waals surface area contributed by atoms with Crippen LogP contribution in [-0.2, 0) is 0 Å². The van der Waals surface area contributed by atoms with Gasteiger partial charge in [-0.05, 0) is 30.7 Å². The summed E-state index contributed by atoms with van der Waals surface area (Å²) in [6.45, 7) is 1.79. The number of hydrogen-bond acceptors (Lipinski definition) is 2. The van der Waals surface area contributed by atoms with Gasteiger partial charge in [-0.15, -0.1) is 0 Å². The summed E-state index contributed by atoms with van der Waals surface area (Å²) >= 11 is 0. The van der Waals surface area contributed by atoms with Crippen molar-refractivity contribution >= 4 is 5.69 Å². The molecule has 1 aromatic rings. The summed E-state index contributed by atoms with van der Waals surface area (Å²) in [5.74, 6) is -0.336. The van der Waals surface area contributed by atoms with Gasteiger partial charge in [-0.3, -0.25) is 0 Å². The van der Waals surface area contributed by atoms with Crippen molar-refractivity contribution in [2.45, 2.75) is 13.0 Å². The van der Waals surface area contributed by atoms with Crippen LogP contribution in [0.5, 0.6) is 0 Å². The van der Waals surface area contributed by atoms with Gasteiger partial charge in [0.25, 0.3) is 0 Å². The van der Waals surface area contributed by atoms with E-state index in [9.17, 15) is 4.39 Å². The van der Waals surface area contributed by atoms with Gasteiger partial charge in [0.05, 0.1) is 0 Å². The van der Waals surface area contributed by atoms with Crippen molar-refractivity contribution in [3.05, 3.63) is 29.6 Å². The first-order chi connectivity index (χ1) is 5.09. The number of anilines is 1. The van der Waals surface area contributed by atoms with Crippen LogP contribution in [-0.4, -0.2) is 0 Å². The largest absolute Gasteiger partial charge is 0.399 e. The van der Waals surface area contributed by atoms with E-state index in [2.05, 4.69) is 0 Å². The van der Waals surface area contributed by atoms with Crippen LogP contribution >= 0.6 is 0 Å². The van der Waals surface area contributed by atoms with Crippen molar-refractivity contribution in [2.75, 3.05) is 5.73 Å². The van der Waals surface area contributed by atoms with Gasteiger partial charge in [0.1, 0.15) is 5.82 Å². The molecule has 0 amide bonds. The van der Waals surface area contributed by atoms with Gasteiger partial charge in [-0.25, -0.2) is 4.39 Å². The first kappa shape index (κ1) is 8.01. The number of hydrogen-bond donors (Lipinski definition) is 2. The molecule has 0 saturated carbocycles. The van der Waals surface area contributed by atoms with Gasteiger partial charge in [0.2, 0.25) is 0 Å². The lowest BCUT2D eigenvalue weighted by Crippen LogP contribution is -2.05.